The molecule has 0 radical (unpaired) electrons. The molecule has 0 aliphatic heterocycles. The van der Waals surface area contributed by atoms with Crippen molar-refractivity contribution in [2.75, 3.05) is 0 Å². The summed E-state index contributed by atoms with van der Waals surface area (Å²) in [5.41, 5.74) is 4.16. The van der Waals surface area contributed by atoms with Crippen LogP contribution in [0.15, 0.2) is 88.4 Å². The van der Waals surface area contributed by atoms with Crippen LogP contribution in [0.4, 0.5) is 0 Å². The average molecular weight is 403 g/mol. The van der Waals surface area contributed by atoms with Crippen molar-refractivity contribution >= 4 is 49.6 Å². The number of nitrogens with one attached hydrogen (secondary N) is 1. The molecule has 26 heavy (non-hydrogen) atoms. The third-order valence-electron chi connectivity index (χ3n) is 4.26. The van der Waals surface area contributed by atoms with Crippen LogP contribution in [-0.2, 0) is 0 Å². The largest absolute Gasteiger partial charge is 0.271 e. The molecule has 0 saturated heterocycles. The van der Waals surface area contributed by atoms with E-state index in [9.17, 15) is 4.79 Å². The topological polar surface area (TPSA) is 41.5 Å². The fourth-order valence-corrected chi connectivity index (χ4v) is 3.44. The minimum Gasteiger partial charge on any atom is -0.267 e. The number of hydrogen-bond donors (Lipinski definition) is 1. The number of amides is 1. The van der Waals surface area contributed by atoms with Gasteiger partial charge in [0.25, 0.3) is 5.91 Å². The van der Waals surface area contributed by atoms with Gasteiger partial charge < -0.3 is 0 Å². The van der Waals surface area contributed by atoms with E-state index in [2.05, 4.69) is 56.8 Å². The number of hydrazone groups is 1. The zero-order valence-corrected chi connectivity index (χ0v) is 15.4. The lowest BCUT2D eigenvalue weighted by atomic mass is 9.97. The van der Waals surface area contributed by atoms with Gasteiger partial charge in [-0.2, -0.15) is 5.10 Å². The molecule has 3 nitrogen and oxygen atoms in total. The predicted molar refractivity (Wildman–Crippen MR) is 111 cm³/mol. The second-order valence-corrected chi connectivity index (χ2v) is 6.86. The van der Waals surface area contributed by atoms with Crippen molar-refractivity contribution < 1.29 is 4.79 Å². The van der Waals surface area contributed by atoms with E-state index in [4.69, 9.17) is 0 Å². The number of rotatable bonds is 3. The zero-order valence-electron chi connectivity index (χ0n) is 13.8. The lowest BCUT2D eigenvalue weighted by Crippen LogP contribution is -2.17. The summed E-state index contributed by atoms with van der Waals surface area (Å²) in [7, 11) is 0. The smallest absolute Gasteiger partial charge is 0.267 e. The Balaban J connectivity index is 1.71. The highest BCUT2D eigenvalue weighted by atomic mass is 79.9. The van der Waals surface area contributed by atoms with Crippen molar-refractivity contribution in [1.29, 1.82) is 0 Å². The first-order valence-corrected chi connectivity index (χ1v) is 9.01. The molecule has 0 fully saturated rings. The van der Waals surface area contributed by atoms with Crippen LogP contribution in [0.2, 0.25) is 0 Å². The van der Waals surface area contributed by atoms with E-state index in [1.807, 2.05) is 36.4 Å². The number of hydrogen-bond acceptors (Lipinski definition) is 2. The molecule has 1 N–H and O–H groups in total. The minimum atomic E-state index is -0.243. The lowest BCUT2D eigenvalue weighted by molar-refractivity contribution is 0.0955. The van der Waals surface area contributed by atoms with Crippen molar-refractivity contribution in [3.8, 4) is 0 Å². The van der Waals surface area contributed by atoms with Gasteiger partial charge in [-0.25, -0.2) is 5.43 Å². The molecular weight excluding hydrogens is 388 g/mol. The lowest BCUT2D eigenvalue weighted by Gasteiger charge is -2.08. The highest BCUT2D eigenvalue weighted by Crippen LogP contribution is 2.27. The molecule has 4 aromatic rings. The summed E-state index contributed by atoms with van der Waals surface area (Å²) < 4.78 is 0.856. The molecule has 0 atom stereocenters. The second-order valence-electron chi connectivity index (χ2n) is 5.94. The summed E-state index contributed by atoms with van der Waals surface area (Å²) in [6.07, 6.45) is 1.72. The number of nitrogens with zero attached hydrogens (tertiary/aromatic N) is 1. The van der Waals surface area contributed by atoms with Gasteiger partial charge in [0, 0.05) is 15.6 Å². The summed E-state index contributed by atoms with van der Waals surface area (Å²) in [6.45, 7) is 0. The van der Waals surface area contributed by atoms with Gasteiger partial charge in [0.05, 0.1) is 6.21 Å². The van der Waals surface area contributed by atoms with Crippen molar-refractivity contribution in [3.05, 3.63) is 94.5 Å². The summed E-state index contributed by atoms with van der Waals surface area (Å²) >= 11 is 3.37. The van der Waals surface area contributed by atoms with Crippen molar-refractivity contribution in [3.63, 3.8) is 0 Å². The SMILES string of the molecule is O=C(N/N=C\c1c2ccccc2cc2ccccc12)c1cccc(Br)c1. The normalized spacial score (nSPS) is 11.3. The molecule has 0 bridgehead atoms. The fraction of sp³-hybridized carbons (Fsp3) is 0. The quantitative estimate of drug-likeness (QED) is 0.273. The highest BCUT2D eigenvalue weighted by molar-refractivity contribution is 9.10. The molecule has 4 aromatic carbocycles. The zero-order chi connectivity index (χ0) is 17.9. The standard InChI is InChI=1S/C22H15BrN2O/c23-18-9-5-8-17(13-18)22(26)25-24-14-21-19-10-3-1-6-15(19)12-16-7-2-4-11-20(16)21/h1-14H,(H,25,26)/b24-14-. The van der Waals surface area contributed by atoms with Crippen LogP contribution in [0.3, 0.4) is 0 Å². The molecule has 0 heterocycles. The van der Waals surface area contributed by atoms with E-state index in [1.165, 1.54) is 0 Å². The van der Waals surface area contributed by atoms with E-state index in [0.717, 1.165) is 31.6 Å². The van der Waals surface area contributed by atoms with E-state index in [1.54, 1.807) is 18.3 Å². The summed E-state index contributed by atoms with van der Waals surface area (Å²) in [5, 5.41) is 8.70. The Kier molecular flexibility index (Phi) is 4.50. The van der Waals surface area contributed by atoms with Crippen LogP contribution in [0.5, 0.6) is 0 Å². The van der Waals surface area contributed by atoms with Crippen LogP contribution in [0, 0.1) is 0 Å². The Morgan fingerprint density at radius 1 is 0.846 bits per heavy atom. The second kappa shape index (κ2) is 7.10. The molecule has 0 aliphatic rings. The molecule has 0 aromatic heterocycles. The maximum absolute atomic E-state index is 12.3. The summed E-state index contributed by atoms with van der Waals surface area (Å²) in [5.74, 6) is -0.243. The van der Waals surface area contributed by atoms with Gasteiger partial charge in [0.15, 0.2) is 0 Å². The molecule has 0 aliphatic carbocycles. The third kappa shape index (κ3) is 3.24. The van der Waals surface area contributed by atoms with Crippen LogP contribution < -0.4 is 5.43 Å². The minimum absolute atomic E-state index is 0.243. The van der Waals surface area contributed by atoms with Crippen LogP contribution in [0.25, 0.3) is 21.5 Å². The van der Waals surface area contributed by atoms with Crippen LogP contribution >= 0.6 is 15.9 Å². The van der Waals surface area contributed by atoms with Gasteiger partial charge in [-0.15, -0.1) is 0 Å². The monoisotopic (exact) mass is 402 g/mol. The third-order valence-corrected chi connectivity index (χ3v) is 4.75. The van der Waals surface area contributed by atoms with Gasteiger partial charge in [-0.05, 0) is 45.8 Å². The molecule has 126 valence electrons. The summed E-state index contributed by atoms with van der Waals surface area (Å²) in [6, 6.07) is 25.7. The first-order valence-electron chi connectivity index (χ1n) is 8.22. The van der Waals surface area contributed by atoms with Crippen molar-refractivity contribution in [2.45, 2.75) is 0 Å². The average Bonchev–Trinajstić information content (AvgIpc) is 2.67. The number of carbonyl (C=O) groups excluding carboxylic acids is 1. The fourth-order valence-electron chi connectivity index (χ4n) is 3.04. The first kappa shape index (κ1) is 16.5. The molecular formula is C22H15BrN2O. The van der Waals surface area contributed by atoms with Crippen LogP contribution in [-0.4, -0.2) is 12.1 Å². The molecule has 4 rings (SSSR count). The Morgan fingerprint density at radius 2 is 1.50 bits per heavy atom. The summed E-state index contributed by atoms with van der Waals surface area (Å²) in [4.78, 5) is 12.3. The molecule has 4 heteroatoms. The highest BCUT2D eigenvalue weighted by Gasteiger charge is 2.07. The van der Waals surface area contributed by atoms with Gasteiger partial charge >= 0.3 is 0 Å². The predicted octanol–water partition coefficient (Wildman–Crippen LogP) is 5.52. The van der Waals surface area contributed by atoms with Crippen LogP contribution in [0.1, 0.15) is 15.9 Å². The number of benzene rings is 4. The molecule has 1 amide bonds. The number of carbonyl (C=O) groups is 1. The maximum Gasteiger partial charge on any atom is 0.271 e. The number of halogens is 1. The van der Waals surface area contributed by atoms with Gasteiger partial charge in [0.2, 0.25) is 0 Å². The first-order chi connectivity index (χ1) is 12.7. The van der Waals surface area contributed by atoms with E-state index >= 15 is 0 Å². The molecule has 0 unspecified atom stereocenters. The van der Waals surface area contributed by atoms with Crippen molar-refractivity contribution in [1.82, 2.24) is 5.43 Å². The van der Waals surface area contributed by atoms with Gasteiger partial charge in [-0.3, -0.25) is 4.79 Å². The Labute approximate surface area is 159 Å². The van der Waals surface area contributed by atoms with Gasteiger partial charge in [-0.1, -0.05) is 70.5 Å². The van der Waals surface area contributed by atoms with E-state index in [0.29, 0.717) is 5.56 Å². The Hall–Kier alpha value is -2.98. The Bertz CT molecular complexity index is 1100. The molecule has 0 spiro atoms. The Morgan fingerprint density at radius 3 is 2.15 bits per heavy atom. The number of fused-ring (bicyclic) bond motifs is 2. The van der Waals surface area contributed by atoms with Crippen molar-refractivity contribution in [2.24, 2.45) is 5.10 Å². The van der Waals surface area contributed by atoms with E-state index in [-0.39, 0.29) is 5.91 Å². The van der Waals surface area contributed by atoms with Gasteiger partial charge in [0.1, 0.15) is 0 Å². The molecule has 0 saturated carbocycles. The maximum atomic E-state index is 12.3. The van der Waals surface area contributed by atoms with E-state index < -0.39 is 0 Å².